The lowest BCUT2D eigenvalue weighted by Gasteiger charge is -2.01. The number of carbonyl (C=O) groups excluding carboxylic acids is 1. The summed E-state index contributed by atoms with van der Waals surface area (Å²) in [5, 5.41) is 5.21. The molecule has 0 amide bonds. The van der Waals surface area contributed by atoms with Gasteiger partial charge in [0, 0.05) is 18.7 Å². The van der Waals surface area contributed by atoms with E-state index in [0.29, 0.717) is 0 Å². The Bertz CT molecular complexity index is 531. The van der Waals surface area contributed by atoms with E-state index >= 15 is 0 Å². The van der Waals surface area contributed by atoms with Gasteiger partial charge in [0.05, 0.1) is 4.88 Å². The predicted molar refractivity (Wildman–Crippen MR) is 64.7 cm³/mol. The van der Waals surface area contributed by atoms with Gasteiger partial charge >= 0.3 is 0 Å². The predicted octanol–water partition coefficient (Wildman–Crippen LogP) is 2.58. The Labute approximate surface area is 97.9 Å². The van der Waals surface area contributed by atoms with Crippen molar-refractivity contribution < 1.29 is 4.79 Å². The fraction of sp³-hybridized carbons (Fsp3) is 0.154. The molecule has 3 heteroatoms. The van der Waals surface area contributed by atoms with Crippen LogP contribution in [0.1, 0.15) is 26.4 Å². The number of fused-ring (bicyclic) bond motifs is 1. The van der Waals surface area contributed by atoms with Crippen LogP contribution in [0.3, 0.4) is 0 Å². The zero-order valence-corrected chi connectivity index (χ0v) is 9.51. The molecular weight excluding hydrogens is 218 g/mol. The molecule has 2 aromatic rings. The van der Waals surface area contributed by atoms with Crippen molar-refractivity contribution in [1.29, 1.82) is 0 Å². The number of benzene rings is 1. The number of nitrogens with one attached hydrogen (secondary N) is 1. The summed E-state index contributed by atoms with van der Waals surface area (Å²) < 4.78 is 0. The summed E-state index contributed by atoms with van der Waals surface area (Å²) in [7, 11) is 0. The van der Waals surface area contributed by atoms with Crippen LogP contribution in [-0.4, -0.2) is 5.78 Å². The number of thiophene rings is 1. The third kappa shape index (κ3) is 1.58. The van der Waals surface area contributed by atoms with Crippen LogP contribution >= 0.6 is 11.3 Å². The molecule has 0 fully saturated rings. The van der Waals surface area contributed by atoms with Crippen LogP contribution in [0.2, 0.25) is 0 Å². The second-order valence-electron chi connectivity index (χ2n) is 3.89. The Morgan fingerprint density at radius 2 is 2.06 bits per heavy atom. The first-order valence-corrected chi connectivity index (χ1v) is 6.13. The van der Waals surface area contributed by atoms with Crippen molar-refractivity contribution in [2.45, 2.75) is 13.1 Å². The zero-order chi connectivity index (χ0) is 11.0. The zero-order valence-electron chi connectivity index (χ0n) is 8.69. The smallest absolute Gasteiger partial charge is 0.202 e. The maximum absolute atomic E-state index is 12.1. The SMILES string of the molecule is O=C(c1ccc2c(c1)CNC2)c1cccs1. The van der Waals surface area contributed by atoms with Gasteiger partial charge in [-0.05, 0) is 28.6 Å². The van der Waals surface area contributed by atoms with Crippen LogP contribution in [-0.2, 0) is 13.1 Å². The molecule has 1 N–H and O–H groups in total. The van der Waals surface area contributed by atoms with Gasteiger partial charge in [0.2, 0.25) is 5.78 Å². The molecule has 0 unspecified atom stereocenters. The first-order valence-electron chi connectivity index (χ1n) is 5.25. The Balaban J connectivity index is 1.99. The molecule has 1 aromatic carbocycles. The van der Waals surface area contributed by atoms with Gasteiger partial charge in [0.1, 0.15) is 0 Å². The van der Waals surface area contributed by atoms with Crippen LogP contribution in [0.4, 0.5) is 0 Å². The summed E-state index contributed by atoms with van der Waals surface area (Å²) in [6.07, 6.45) is 0. The number of ketones is 1. The van der Waals surface area contributed by atoms with Crippen LogP contribution in [0, 0.1) is 0 Å². The molecule has 0 spiro atoms. The molecule has 16 heavy (non-hydrogen) atoms. The fourth-order valence-corrected chi connectivity index (χ4v) is 2.67. The third-order valence-corrected chi connectivity index (χ3v) is 3.71. The van der Waals surface area contributed by atoms with E-state index in [-0.39, 0.29) is 5.78 Å². The van der Waals surface area contributed by atoms with Crippen LogP contribution in [0.25, 0.3) is 0 Å². The topological polar surface area (TPSA) is 29.1 Å². The molecule has 0 aliphatic carbocycles. The minimum atomic E-state index is 0.129. The van der Waals surface area contributed by atoms with Crippen molar-refractivity contribution in [1.82, 2.24) is 5.32 Å². The highest BCUT2D eigenvalue weighted by Crippen LogP contribution is 2.20. The van der Waals surface area contributed by atoms with E-state index in [1.807, 2.05) is 29.6 Å². The quantitative estimate of drug-likeness (QED) is 0.802. The van der Waals surface area contributed by atoms with Gasteiger partial charge < -0.3 is 5.32 Å². The molecule has 0 atom stereocenters. The third-order valence-electron chi connectivity index (χ3n) is 2.84. The molecule has 3 rings (SSSR count). The van der Waals surface area contributed by atoms with E-state index in [1.165, 1.54) is 22.5 Å². The number of carbonyl (C=O) groups is 1. The Morgan fingerprint density at radius 3 is 2.88 bits per heavy atom. The van der Waals surface area contributed by atoms with Gasteiger partial charge in [-0.3, -0.25) is 4.79 Å². The van der Waals surface area contributed by atoms with Gasteiger partial charge in [-0.2, -0.15) is 0 Å². The first kappa shape index (κ1) is 9.75. The van der Waals surface area contributed by atoms with Crippen molar-refractivity contribution in [3.05, 3.63) is 57.3 Å². The Morgan fingerprint density at radius 1 is 1.19 bits per heavy atom. The standard InChI is InChI=1S/C13H11NOS/c15-13(12-2-1-5-16-12)9-3-4-10-7-14-8-11(10)6-9/h1-6,14H,7-8H2. The summed E-state index contributed by atoms with van der Waals surface area (Å²) in [4.78, 5) is 12.9. The monoisotopic (exact) mass is 229 g/mol. The molecule has 0 saturated carbocycles. The molecule has 1 aliphatic rings. The molecular formula is C13H11NOS. The normalized spacial score (nSPS) is 13.8. The van der Waals surface area contributed by atoms with Crippen LogP contribution in [0.15, 0.2) is 35.7 Å². The average molecular weight is 229 g/mol. The number of hydrogen-bond acceptors (Lipinski definition) is 3. The van der Waals surface area contributed by atoms with Gasteiger partial charge in [-0.15, -0.1) is 11.3 Å². The minimum Gasteiger partial charge on any atom is -0.309 e. The highest BCUT2D eigenvalue weighted by Gasteiger charge is 2.14. The highest BCUT2D eigenvalue weighted by atomic mass is 32.1. The van der Waals surface area contributed by atoms with Gasteiger partial charge in [-0.25, -0.2) is 0 Å². The lowest BCUT2D eigenvalue weighted by molar-refractivity contribution is 0.104. The Hall–Kier alpha value is -1.45. The van der Waals surface area contributed by atoms with Crippen molar-refractivity contribution in [2.75, 3.05) is 0 Å². The molecule has 1 aromatic heterocycles. The van der Waals surface area contributed by atoms with Crippen LogP contribution < -0.4 is 5.32 Å². The number of hydrogen-bond donors (Lipinski definition) is 1. The summed E-state index contributed by atoms with van der Waals surface area (Å²) in [6, 6.07) is 9.77. The number of rotatable bonds is 2. The summed E-state index contributed by atoms with van der Waals surface area (Å²) in [5.41, 5.74) is 3.36. The maximum Gasteiger partial charge on any atom is 0.202 e. The van der Waals surface area contributed by atoms with Crippen molar-refractivity contribution in [3.63, 3.8) is 0 Å². The average Bonchev–Trinajstić information content (AvgIpc) is 2.98. The molecule has 2 heterocycles. The molecule has 2 nitrogen and oxygen atoms in total. The van der Waals surface area contributed by atoms with Crippen LogP contribution in [0.5, 0.6) is 0 Å². The summed E-state index contributed by atoms with van der Waals surface area (Å²) in [6.45, 7) is 1.80. The largest absolute Gasteiger partial charge is 0.309 e. The maximum atomic E-state index is 12.1. The van der Waals surface area contributed by atoms with E-state index in [9.17, 15) is 4.79 Å². The molecule has 0 saturated heterocycles. The molecule has 0 bridgehead atoms. The second kappa shape index (κ2) is 3.85. The van der Waals surface area contributed by atoms with Gasteiger partial charge in [0.25, 0.3) is 0 Å². The minimum absolute atomic E-state index is 0.129. The molecule has 0 radical (unpaired) electrons. The highest BCUT2D eigenvalue weighted by molar-refractivity contribution is 7.12. The first-order chi connectivity index (χ1) is 7.84. The summed E-state index contributed by atoms with van der Waals surface area (Å²) >= 11 is 1.49. The van der Waals surface area contributed by atoms with Crippen molar-refractivity contribution in [2.24, 2.45) is 0 Å². The molecule has 1 aliphatic heterocycles. The fourth-order valence-electron chi connectivity index (χ4n) is 1.99. The second-order valence-corrected chi connectivity index (χ2v) is 4.84. The van der Waals surface area contributed by atoms with E-state index in [4.69, 9.17) is 0 Å². The molecule has 80 valence electrons. The van der Waals surface area contributed by atoms with Gasteiger partial charge in [0.15, 0.2) is 0 Å². The summed E-state index contributed by atoms with van der Waals surface area (Å²) in [5.74, 6) is 0.129. The van der Waals surface area contributed by atoms with E-state index in [1.54, 1.807) is 0 Å². The van der Waals surface area contributed by atoms with E-state index < -0.39 is 0 Å². The van der Waals surface area contributed by atoms with Gasteiger partial charge in [-0.1, -0.05) is 18.2 Å². The van der Waals surface area contributed by atoms with Crippen molar-refractivity contribution in [3.8, 4) is 0 Å². The lowest BCUT2D eigenvalue weighted by Crippen LogP contribution is -2.00. The van der Waals surface area contributed by atoms with E-state index in [0.717, 1.165) is 23.5 Å². The van der Waals surface area contributed by atoms with E-state index in [2.05, 4.69) is 11.4 Å². The Kier molecular flexibility index (Phi) is 2.35. The lowest BCUT2D eigenvalue weighted by atomic mass is 10.0. The van der Waals surface area contributed by atoms with Crippen molar-refractivity contribution >= 4 is 17.1 Å².